The van der Waals surface area contributed by atoms with Gasteiger partial charge in [-0.1, -0.05) is 91.0 Å². The van der Waals surface area contributed by atoms with Gasteiger partial charge in [0.2, 0.25) is 0 Å². The van der Waals surface area contributed by atoms with Crippen LogP contribution in [0.1, 0.15) is 5.56 Å². The van der Waals surface area contributed by atoms with E-state index in [0.29, 0.717) is 0 Å². The number of hydrogen-bond acceptors (Lipinski definition) is 2. The third-order valence-electron chi connectivity index (χ3n) is 4.30. The molecule has 0 heterocycles. The molecule has 0 aliphatic carbocycles. The number of benzene rings is 4. The monoisotopic (exact) mass is 605 g/mol. The summed E-state index contributed by atoms with van der Waals surface area (Å²) in [5, 5.41) is 14.4. The van der Waals surface area contributed by atoms with Gasteiger partial charge in [-0.05, 0) is 23.8 Å². The predicted molar refractivity (Wildman–Crippen MR) is 125 cm³/mol. The number of nitrogens with zero attached hydrogens (tertiary/aromatic N) is 1. The van der Waals surface area contributed by atoms with Crippen molar-refractivity contribution in [3.05, 3.63) is 131 Å². The Hall–Kier alpha value is -2.99. The average Bonchev–Trinajstić information content (AvgIpc) is 2.82. The Labute approximate surface area is 196 Å². The molecule has 0 N–H and O–H groups in total. The molecule has 4 aromatic rings. The van der Waals surface area contributed by atoms with Gasteiger partial charge in [0.15, 0.2) is 0 Å². The Morgan fingerprint density at radius 3 is 1.35 bits per heavy atom. The zero-order chi connectivity index (χ0) is 21.9. The molecule has 0 aliphatic heterocycles. The number of nitro groups is 1. The molecule has 0 aromatic heterocycles. The van der Waals surface area contributed by atoms with Crippen molar-refractivity contribution in [2.45, 2.75) is 0 Å². The minimum absolute atomic E-state index is 0.0896. The summed E-state index contributed by atoms with van der Waals surface area (Å²) < 4.78 is 2.66. The molecule has 0 amide bonds. The maximum atomic E-state index is 10.2. The van der Waals surface area contributed by atoms with E-state index in [2.05, 4.69) is 122 Å². The van der Waals surface area contributed by atoms with E-state index in [4.69, 9.17) is 0 Å². The minimum atomic E-state index is -0.446. The van der Waals surface area contributed by atoms with Gasteiger partial charge < -0.3 is 0 Å². The van der Waals surface area contributed by atoms with E-state index < -0.39 is 12.8 Å². The van der Waals surface area contributed by atoms with E-state index >= 15 is 0 Å². The number of rotatable bonds is 4. The first-order chi connectivity index (χ1) is 15.2. The standard InChI is InChI=1S/C18H15P.C8H4NO2.Au/c1-4-10-16(11-5-1)19(17-12-6-2-7-13-17)18-14-8-3-9-15-18;1-2-7-3-5-8(6-4-7)9(10)11;/h1-15H;3-6H;. The van der Waals surface area contributed by atoms with Crippen LogP contribution in [0.2, 0.25) is 0 Å². The van der Waals surface area contributed by atoms with Crippen molar-refractivity contribution in [1.29, 1.82) is 0 Å². The molecule has 0 spiro atoms. The summed E-state index contributed by atoms with van der Waals surface area (Å²) >= 11 is 2.08. The van der Waals surface area contributed by atoms with Crippen molar-refractivity contribution in [3.8, 4) is 10.1 Å². The Bertz CT molecular complexity index is 1060. The molecule has 0 saturated carbocycles. The Morgan fingerprint density at radius 1 is 0.645 bits per heavy atom. The van der Waals surface area contributed by atoms with Crippen LogP contribution in [-0.2, 0) is 21.1 Å². The van der Waals surface area contributed by atoms with E-state index in [9.17, 15) is 10.1 Å². The molecule has 0 aliphatic rings. The van der Waals surface area contributed by atoms with Crippen molar-refractivity contribution >= 4 is 29.5 Å². The molecule has 0 radical (unpaired) electrons. The Kier molecular flexibility index (Phi) is 8.79. The molecular weight excluding hydrogens is 586 g/mol. The molecule has 4 aromatic carbocycles. The van der Waals surface area contributed by atoms with Gasteiger partial charge in [0.25, 0.3) is 0 Å². The fourth-order valence-corrected chi connectivity index (χ4v) is 5.51. The zero-order valence-corrected chi connectivity index (χ0v) is 19.5. The van der Waals surface area contributed by atoms with E-state index in [0.717, 1.165) is 5.56 Å². The summed E-state index contributed by atoms with van der Waals surface area (Å²) in [6.45, 7) is 0. The quantitative estimate of drug-likeness (QED) is 0.109. The molecule has 156 valence electrons. The molecular formula is C26H19AuNO2P. The summed E-state index contributed by atoms with van der Waals surface area (Å²) in [5.74, 6) is 2.78. The Morgan fingerprint density at radius 2 is 1.03 bits per heavy atom. The van der Waals surface area contributed by atoms with Crippen molar-refractivity contribution in [3.63, 3.8) is 0 Å². The third kappa shape index (κ3) is 6.76. The van der Waals surface area contributed by atoms with Gasteiger partial charge in [-0.3, -0.25) is 0 Å². The Balaban J connectivity index is 0.000000196. The number of hydrogen-bond donors (Lipinski definition) is 0. The minimum Gasteiger partial charge on any atom is -0.0622 e. The molecule has 0 unspecified atom stereocenters. The predicted octanol–water partition coefficient (Wildman–Crippen LogP) is 4.90. The molecule has 5 heteroatoms. The van der Waals surface area contributed by atoms with Crippen LogP contribution in [0, 0.1) is 20.2 Å². The second kappa shape index (κ2) is 12.0. The van der Waals surface area contributed by atoms with E-state index in [1.807, 2.05) is 0 Å². The van der Waals surface area contributed by atoms with Crippen LogP contribution in [0.5, 0.6) is 0 Å². The summed E-state index contributed by atoms with van der Waals surface area (Å²) in [4.78, 5) is 9.81. The van der Waals surface area contributed by atoms with Crippen LogP contribution in [0.3, 0.4) is 0 Å². The summed E-state index contributed by atoms with van der Waals surface area (Å²) in [7, 11) is -0.446. The second-order valence-electron chi connectivity index (χ2n) is 6.35. The number of nitro benzene ring substituents is 1. The first kappa shape index (κ1) is 22.7. The van der Waals surface area contributed by atoms with Crippen molar-refractivity contribution in [1.82, 2.24) is 0 Å². The van der Waals surface area contributed by atoms with Gasteiger partial charge in [-0.2, -0.15) is 0 Å². The van der Waals surface area contributed by atoms with Crippen molar-refractivity contribution < 1.29 is 26.0 Å². The topological polar surface area (TPSA) is 43.1 Å². The van der Waals surface area contributed by atoms with Crippen LogP contribution in [0.4, 0.5) is 5.69 Å². The van der Waals surface area contributed by atoms with Crippen molar-refractivity contribution in [2.75, 3.05) is 0 Å². The maximum Gasteiger partial charge on any atom is -0.0134 e. The fraction of sp³-hybridized carbons (Fsp3) is 0. The molecule has 0 fully saturated rings. The van der Waals surface area contributed by atoms with E-state index in [1.54, 1.807) is 12.1 Å². The molecule has 0 atom stereocenters. The molecule has 0 saturated heterocycles. The zero-order valence-electron chi connectivity index (χ0n) is 16.5. The van der Waals surface area contributed by atoms with Gasteiger partial charge in [0.1, 0.15) is 0 Å². The molecule has 3 nitrogen and oxygen atoms in total. The summed E-state index contributed by atoms with van der Waals surface area (Å²) in [6.07, 6.45) is 0. The third-order valence-corrected chi connectivity index (χ3v) is 7.02. The van der Waals surface area contributed by atoms with Crippen LogP contribution >= 0.6 is 7.92 Å². The van der Waals surface area contributed by atoms with E-state index in [1.165, 1.54) is 28.0 Å². The van der Waals surface area contributed by atoms with Crippen LogP contribution in [0.15, 0.2) is 115 Å². The first-order valence-corrected chi connectivity index (χ1v) is 11.9. The SMILES string of the molecule is O=[N+]([O-])c1ccc(C#[C][Au])cc1.c1ccc(P(c2ccccc2)c2ccccc2)cc1. The summed E-state index contributed by atoms with van der Waals surface area (Å²) in [6, 6.07) is 38.5. The smallest absolute Gasteiger partial charge is 0.0134 e. The van der Waals surface area contributed by atoms with Gasteiger partial charge in [0.05, 0.1) is 0 Å². The van der Waals surface area contributed by atoms with Crippen LogP contribution in [-0.4, -0.2) is 4.92 Å². The first-order valence-electron chi connectivity index (χ1n) is 9.46. The van der Waals surface area contributed by atoms with Gasteiger partial charge >= 0.3 is 81.7 Å². The van der Waals surface area contributed by atoms with Crippen LogP contribution < -0.4 is 15.9 Å². The normalized spacial score (nSPS) is 9.77. The second-order valence-corrected chi connectivity index (χ2v) is 9.11. The van der Waals surface area contributed by atoms with Crippen molar-refractivity contribution in [2.24, 2.45) is 0 Å². The van der Waals surface area contributed by atoms with Gasteiger partial charge in [-0.25, -0.2) is 0 Å². The molecule has 4 rings (SSSR count). The number of non-ortho nitro benzene ring substituents is 1. The van der Waals surface area contributed by atoms with E-state index in [-0.39, 0.29) is 5.69 Å². The van der Waals surface area contributed by atoms with Gasteiger partial charge in [-0.15, -0.1) is 0 Å². The molecule has 0 bridgehead atoms. The summed E-state index contributed by atoms with van der Waals surface area (Å²) in [5.41, 5.74) is 0.870. The maximum absolute atomic E-state index is 10.2. The average molecular weight is 605 g/mol. The van der Waals surface area contributed by atoms with Crippen LogP contribution in [0.25, 0.3) is 0 Å². The van der Waals surface area contributed by atoms with Gasteiger partial charge in [0, 0.05) is 0 Å². The fourth-order valence-electron chi connectivity index (χ4n) is 2.89. The largest absolute Gasteiger partial charge is 0.0622 e. The molecule has 31 heavy (non-hydrogen) atoms.